The van der Waals surface area contributed by atoms with Crippen LogP contribution in [0.2, 0.25) is 5.02 Å². The molecule has 1 N–H and O–H groups in total. The molecule has 2 aliphatic rings. The Labute approximate surface area is 139 Å². The van der Waals surface area contributed by atoms with Crippen LogP contribution in [0, 0.1) is 5.82 Å². The third kappa shape index (κ3) is 3.11. The van der Waals surface area contributed by atoms with Gasteiger partial charge >= 0.3 is 12.3 Å². The second-order valence-corrected chi connectivity index (χ2v) is 6.46. The molecule has 4 nitrogen and oxygen atoms in total. The molecule has 0 aromatic heterocycles. The van der Waals surface area contributed by atoms with Gasteiger partial charge in [0.25, 0.3) is 0 Å². The minimum absolute atomic E-state index is 0.254. The fourth-order valence-corrected chi connectivity index (χ4v) is 3.74. The minimum Gasteiger partial charge on any atom is -0.487 e. The molecule has 2 saturated heterocycles. The smallest absolute Gasteiger partial charge is 0.416 e. The van der Waals surface area contributed by atoms with E-state index in [1.165, 1.54) is 4.90 Å². The van der Waals surface area contributed by atoms with E-state index < -0.39 is 40.5 Å². The predicted octanol–water partition coefficient (Wildman–Crippen LogP) is 4.55. The van der Waals surface area contributed by atoms with Gasteiger partial charge in [-0.2, -0.15) is 13.2 Å². The molecule has 24 heavy (non-hydrogen) atoms. The number of piperidine rings is 1. The Morgan fingerprint density at radius 1 is 1.25 bits per heavy atom. The highest BCUT2D eigenvalue weighted by Gasteiger charge is 2.44. The van der Waals surface area contributed by atoms with Crippen molar-refractivity contribution in [2.45, 2.75) is 50.0 Å². The van der Waals surface area contributed by atoms with Crippen molar-refractivity contribution >= 4 is 17.7 Å². The summed E-state index contributed by atoms with van der Waals surface area (Å²) in [5, 5.41) is 8.52. The second kappa shape index (κ2) is 5.98. The van der Waals surface area contributed by atoms with Crippen LogP contribution in [0.4, 0.5) is 22.4 Å². The number of hydrogen-bond acceptors (Lipinski definition) is 2. The van der Waals surface area contributed by atoms with Crippen LogP contribution >= 0.6 is 11.6 Å². The number of amides is 1. The monoisotopic (exact) mass is 367 g/mol. The van der Waals surface area contributed by atoms with E-state index >= 15 is 0 Å². The van der Waals surface area contributed by atoms with Crippen LogP contribution in [-0.4, -0.2) is 34.3 Å². The summed E-state index contributed by atoms with van der Waals surface area (Å²) in [4.78, 5) is 12.6. The van der Waals surface area contributed by atoms with Gasteiger partial charge in [0.1, 0.15) is 6.10 Å². The van der Waals surface area contributed by atoms with Gasteiger partial charge in [0.05, 0.1) is 10.6 Å². The fraction of sp³-hybridized carbons (Fsp3) is 0.533. The van der Waals surface area contributed by atoms with Crippen LogP contribution in [0.15, 0.2) is 12.1 Å². The standard InChI is InChI=1S/C15H14ClF4NO3/c16-11-3-7(15(18,19)20)4-12(13(11)17)24-10-5-8-1-2-9(6-10)21(8)14(22)23/h3-4,8-10H,1-2,5-6H2,(H,22,23). The molecule has 2 aliphatic heterocycles. The van der Waals surface area contributed by atoms with Crippen LogP contribution in [0.25, 0.3) is 0 Å². The molecule has 0 radical (unpaired) electrons. The fourth-order valence-electron chi connectivity index (χ4n) is 3.53. The molecule has 132 valence electrons. The third-order valence-corrected chi connectivity index (χ3v) is 4.80. The zero-order valence-corrected chi connectivity index (χ0v) is 13.1. The van der Waals surface area contributed by atoms with Gasteiger partial charge in [-0.3, -0.25) is 0 Å². The zero-order chi connectivity index (χ0) is 17.6. The Hall–Kier alpha value is -1.70. The number of hydrogen-bond donors (Lipinski definition) is 1. The Kier molecular flexibility index (Phi) is 4.27. The maximum absolute atomic E-state index is 14.0. The molecule has 2 heterocycles. The van der Waals surface area contributed by atoms with E-state index in [1.54, 1.807) is 0 Å². The van der Waals surface area contributed by atoms with Crippen molar-refractivity contribution in [3.05, 3.63) is 28.5 Å². The molecule has 1 amide bonds. The highest BCUT2D eigenvalue weighted by Crippen LogP contribution is 2.40. The Balaban J connectivity index is 1.80. The number of fused-ring (bicyclic) bond motifs is 2. The number of halogens is 5. The van der Waals surface area contributed by atoms with E-state index in [0.29, 0.717) is 37.8 Å². The average molecular weight is 368 g/mol. The van der Waals surface area contributed by atoms with Gasteiger partial charge in [-0.25, -0.2) is 9.18 Å². The molecule has 2 bridgehead atoms. The summed E-state index contributed by atoms with van der Waals surface area (Å²) in [6, 6.07) is 0.596. The molecular weight excluding hydrogens is 354 g/mol. The second-order valence-electron chi connectivity index (χ2n) is 6.05. The molecule has 0 spiro atoms. The van der Waals surface area contributed by atoms with Crippen LogP contribution < -0.4 is 4.74 Å². The summed E-state index contributed by atoms with van der Waals surface area (Å²) in [5.41, 5.74) is -1.09. The first kappa shape index (κ1) is 17.1. The van der Waals surface area contributed by atoms with Crippen LogP contribution in [0.1, 0.15) is 31.2 Å². The highest BCUT2D eigenvalue weighted by molar-refractivity contribution is 6.31. The van der Waals surface area contributed by atoms with E-state index in [-0.39, 0.29) is 12.1 Å². The maximum Gasteiger partial charge on any atom is 0.416 e. The van der Waals surface area contributed by atoms with Crippen molar-refractivity contribution in [2.24, 2.45) is 0 Å². The lowest BCUT2D eigenvalue weighted by Crippen LogP contribution is -2.48. The highest BCUT2D eigenvalue weighted by atomic mass is 35.5. The van der Waals surface area contributed by atoms with Crippen molar-refractivity contribution in [2.75, 3.05) is 0 Å². The lowest BCUT2D eigenvalue weighted by Gasteiger charge is -2.37. The van der Waals surface area contributed by atoms with Crippen molar-refractivity contribution < 1.29 is 32.2 Å². The summed E-state index contributed by atoms with van der Waals surface area (Å²) in [6.07, 6.45) is -4.26. The van der Waals surface area contributed by atoms with Gasteiger partial charge in [0.2, 0.25) is 0 Å². The number of benzene rings is 1. The molecular formula is C15H14ClF4NO3. The average Bonchev–Trinajstić information content (AvgIpc) is 2.74. The molecule has 1 aromatic carbocycles. The number of rotatable bonds is 2. The number of nitrogens with zero attached hydrogens (tertiary/aromatic N) is 1. The van der Waals surface area contributed by atoms with Crippen molar-refractivity contribution in [3.8, 4) is 5.75 Å². The predicted molar refractivity (Wildman–Crippen MR) is 76.7 cm³/mol. The van der Waals surface area contributed by atoms with Gasteiger partial charge in [-0.15, -0.1) is 0 Å². The molecule has 3 rings (SSSR count). The van der Waals surface area contributed by atoms with Gasteiger partial charge in [-0.1, -0.05) is 11.6 Å². The summed E-state index contributed by atoms with van der Waals surface area (Å²) < 4.78 is 57.9. The number of alkyl halides is 3. The number of carboxylic acid groups (broad SMARTS) is 1. The largest absolute Gasteiger partial charge is 0.487 e. The Bertz CT molecular complexity index is 653. The van der Waals surface area contributed by atoms with Gasteiger partial charge in [0.15, 0.2) is 11.6 Å². The van der Waals surface area contributed by atoms with Crippen LogP contribution in [0.5, 0.6) is 5.75 Å². The SMILES string of the molecule is O=C(O)N1C2CCC1CC(Oc1cc(C(F)(F)F)cc(Cl)c1F)C2. The molecule has 2 fully saturated rings. The summed E-state index contributed by atoms with van der Waals surface area (Å²) in [5.74, 6) is -1.60. The van der Waals surface area contributed by atoms with E-state index in [1.807, 2.05) is 0 Å². The number of carbonyl (C=O) groups is 1. The van der Waals surface area contributed by atoms with Crippen molar-refractivity contribution in [3.63, 3.8) is 0 Å². The molecule has 9 heteroatoms. The molecule has 2 atom stereocenters. The van der Waals surface area contributed by atoms with Crippen LogP contribution in [-0.2, 0) is 6.18 Å². The first-order valence-electron chi connectivity index (χ1n) is 7.41. The van der Waals surface area contributed by atoms with Crippen molar-refractivity contribution in [1.29, 1.82) is 0 Å². The lowest BCUT2D eigenvalue weighted by molar-refractivity contribution is -0.137. The summed E-state index contributed by atoms with van der Waals surface area (Å²) >= 11 is 5.54. The summed E-state index contributed by atoms with van der Waals surface area (Å²) in [6.45, 7) is 0. The van der Waals surface area contributed by atoms with E-state index in [4.69, 9.17) is 16.3 Å². The van der Waals surface area contributed by atoms with Gasteiger partial charge in [-0.05, 0) is 25.0 Å². The third-order valence-electron chi connectivity index (χ3n) is 4.53. The quantitative estimate of drug-likeness (QED) is 0.780. The van der Waals surface area contributed by atoms with Crippen LogP contribution in [0.3, 0.4) is 0 Å². The van der Waals surface area contributed by atoms with E-state index in [9.17, 15) is 27.5 Å². The lowest BCUT2D eigenvalue weighted by atomic mass is 10.00. The minimum atomic E-state index is -4.67. The number of ether oxygens (including phenoxy) is 1. The zero-order valence-electron chi connectivity index (χ0n) is 12.3. The van der Waals surface area contributed by atoms with E-state index in [0.717, 1.165) is 0 Å². The Morgan fingerprint density at radius 2 is 1.83 bits per heavy atom. The summed E-state index contributed by atoms with van der Waals surface area (Å²) in [7, 11) is 0. The molecule has 2 unspecified atom stereocenters. The molecule has 1 aromatic rings. The van der Waals surface area contributed by atoms with Gasteiger partial charge in [0, 0.05) is 24.9 Å². The van der Waals surface area contributed by atoms with E-state index in [2.05, 4.69) is 0 Å². The normalized spacial score (nSPS) is 26.5. The maximum atomic E-state index is 14.0. The molecule has 0 aliphatic carbocycles. The molecule has 0 saturated carbocycles. The van der Waals surface area contributed by atoms with Gasteiger partial charge < -0.3 is 14.7 Å². The van der Waals surface area contributed by atoms with Crippen molar-refractivity contribution in [1.82, 2.24) is 4.90 Å². The Morgan fingerprint density at radius 3 is 2.33 bits per heavy atom. The first-order chi connectivity index (χ1) is 11.2. The topological polar surface area (TPSA) is 49.8 Å². The first-order valence-corrected chi connectivity index (χ1v) is 7.78.